The molecule has 248 valence electrons. The Kier molecular flexibility index (Phi) is 9.58. The minimum Gasteiger partial charge on any atom is -0.493 e. The summed E-state index contributed by atoms with van der Waals surface area (Å²) in [6.07, 6.45) is 2.46. The number of fused-ring (bicyclic) bond motifs is 2. The predicted octanol–water partition coefficient (Wildman–Crippen LogP) is 7.74. The van der Waals surface area contributed by atoms with E-state index in [1.807, 2.05) is 54.6 Å². The maximum absolute atomic E-state index is 15.5. The van der Waals surface area contributed by atoms with E-state index >= 15 is 4.39 Å². The smallest absolute Gasteiger partial charge is 0.256 e. The Labute approximate surface area is 283 Å². The van der Waals surface area contributed by atoms with Crippen LogP contribution in [0.25, 0.3) is 33.1 Å². The molecule has 10 heteroatoms. The molecule has 1 aliphatic heterocycles. The van der Waals surface area contributed by atoms with E-state index < -0.39 is 5.82 Å². The Morgan fingerprint density at radius 1 is 0.857 bits per heavy atom. The molecule has 49 heavy (non-hydrogen) atoms. The highest BCUT2D eigenvalue weighted by molar-refractivity contribution is 6.13. The standard InChI is InChI=1S/C39H35FN4O5/c1-46-37-24-30-34(25-38(37)48-19-7-16-44-17-20-47-21-18-44)41-15-14-35(30)49-36-13-12-27(22-31(36)40)42-39(45)29-23-33(26-8-3-2-4-9-26)43-32-11-6-5-10-28(29)32/h2-6,8-15,22-25H,7,16-21H2,1H3,(H,42,45). The van der Waals surface area contributed by atoms with Gasteiger partial charge in [-0.25, -0.2) is 9.37 Å². The van der Waals surface area contributed by atoms with E-state index in [0.29, 0.717) is 56.9 Å². The van der Waals surface area contributed by atoms with Gasteiger partial charge in [-0.15, -0.1) is 0 Å². The van der Waals surface area contributed by atoms with Crippen molar-refractivity contribution in [1.82, 2.24) is 14.9 Å². The quantitative estimate of drug-likeness (QED) is 0.141. The summed E-state index contributed by atoms with van der Waals surface area (Å²) in [5, 5.41) is 4.17. The highest BCUT2D eigenvalue weighted by Gasteiger charge is 2.17. The summed E-state index contributed by atoms with van der Waals surface area (Å²) in [6.45, 7) is 4.85. The number of hydrogen-bond donors (Lipinski definition) is 1. The molecule has 0 bridgehead atoms. The van der Waals surface area contributed by atoms with Gasteiger partial charge in [-0.05, 0) is 42.8 Å². The third kappa shape index (κ3) is 7.30. The number of methoxy groups -OCH3 is 1. The van der Waals surface area contributed by atoms with Crippen molar-refractivity contribution in [3.05, 3.63) is 115 Å². The average molecular weight is 659 g/mol. The van der Waals surface area contributed by atoms with Crippen molar-refractivity contribution in [3.8, 4) is 34.3 Å². The molecule has 0 radical (unpaired) electrons. The Hall–Kier alpha value is -5.58. The molecule has 1 N–H and O–H groups in total. The molecule has 1 aliphatic rings. The van der Waals surface area contributed by atoms with Crippen molar-refractivity contribution in [1.29, 1.82) is 0 Å². The SMILES string of the molecule is COc1cc2c(Oc3ccc(NC(=O)c4cc(-c5ccccc5)nc5ccccc45)cc3F)ccnc2cc1OCCCN1CCOCC1. The first-order chi connectivity index (χ1) is 24.1. The number of para-hydroxylation sites is 1. The third-order valence-corrected chi connectivity index (χ3v) is 8.41. The van der Waals surface area contributed by atoms with Crippen LogP contribution < -0.4 is 19.5 Å². The van der Waals surface area contributed by atoms with Crippen molar-refractivity contribution in [2.24, 2.45) is 0 Å². The average Bonchev–Trinajstić information content (AvgIpc) is 3.14. The molecule has 0 saturated carbocycles. The summed E-state index contributed by atoms with van der Waals surface area (Å²) in [4.78, 5) is 25.2. The molecule has 0 unspecified atom stereocenters. The highest BCUT2D eigenvalue weighted by atomic mass is 19.1. The predicted molar refractivity (Wildman–Crippen MR) is 187 cm³/mol. The summed E-state index contributed by atoms with van der Waals surface area (Å²) in [7, 11) is 1.57. The number of hydrogen-bond acceptors (Lipinski definition) is 8. The summed E-state index contributed by atoms with van der Waals surface area (Å²) in [5.74, 6) is 0.470. The van der Waals surface area contributed by atoms with Crippen LogP contribution in [0.5, 0.6) is 23.0 Å². The first kappa shape index (κ1) is 32.0. The number of ether oxygens (including phenoxy) is 4. The van der Waals surface area contributed by atoms with Gasteiger partial charge in [-0.3, -0.25) is 14.7 Å². The number of nitrogens with one attached hydrogen (secondary N) is 1. The Bertz CT molecular complexity index is 2100. The van der Waals surface area contributed by atoms with Gasteiger partial charge in [0.2, 0.25) is 0 Å². The van der Waals surface area contributed by atoms with Crippen LogP contribution in [0.3, 0.4) is 0 Å². The monoisotopic (exact) mass is 658 g/mol. The molecule has 0 spiro atoms. The number of pyridine rings is 2. The zero-order valence-corrected chi connectivity index (χ0v) is 27.0. The van der Waals surface area contributed by atoms with Crippen LogP contribution in [-0.4, -0.2) is 67.3 Å². The molecular weight excluding hydrogens is 623 g/mol. The second-order valence-electron chi connectivity index (χ2n) is 11.6. The van der Waals surface area contributed by atoms with Gasteiger partial charge < -0.3 is 24.3 Å². The van der Waals surface area contributed by atoms with E-state index in [9.17, 15) is 4.79 Å². The molecule has 4 aromatic carbocycles. The molecule has 1 saturated heterocycles. The van der Waals surface area contributed by atoms with E-state index in [1.54, 1.807) is 43.6 Å². The topological polar surface area (TPSA) is 95.0 Å². The lowest BCUT2D eigenvalue weighted by molar-refractivity contribution is 0.0357. The molecular formula is C39H35FN4O5. The number of nitrogens with zero attached hydrogens (tertiary/aromatic N) is 3. The number of aromatic nitrogens is 2. The largest absolute Gasteiger partial charge is 0.493 e. The zero-order chi connectivity index (χ0) is 33.6. The zero-order valence-electron chi connectivity index (χ0n) is 27.0. The van der Waals surface area contributed by atoms with Gasteiger partial charge in [0.1, 0.15) is 5.75 Å². The molecule has 1 amide bonds. The summed E-state index contributed by atoms with van der Waals surface area (Å²) >= 11 is 0. The van der Waals surface area contributed by atoms with Crippen LogP contribution >= 0.6 is 0 Å². The number of amides is 1. The number of anilines is 1. The van der Waals surface area contributed by atoms with Crippen molar-refractivity contribution in [3.63, 3.8) is 0 Å². The number of morpholine rings is 1. The number of benzene rings is 4. The van der Waals surface area contributed by atoms with Gasteiger partial charge in [0, 0.05) is 60.0 Å². The van der Waals surface area contributed by atoms with Crippen LogP contribution in [0.2, 0.25) is 0 Å². The Balaban J connectivity index is 1.07. The van der Waals surface area contributed by atoms with Gasteiger partial charge >= 0.3 is 0 Å². The van der Waals surface area contributed by atoms with E-state index in [2.05, 4.69) is 15.2 Å². The minimum absolute atomic E-state index is 0.00590. The molecule has 0 atom stereocenters. The lowest BCUT2D eigenvalue weighted by Gasteiger charge is -2.26. The van der Waals surface area contributed by atoms with Crippen LogP contribution in [0.15, 0.2) is 103 Å². The fourth-order valence-corrected chi connectivity index (χ4v) is 5.88. The number of carbonyl (C=O) groups is 1. The molecule has 3 heterocycles. The fraction of sp³-hybridized carbons (Fsp3) is 0.205. The lowest BCUT2D eigenvalue weighted by Crippen LogP contribution is -2.37. The van der Waals surface area contributed by atoms with Crippen LogP contribution in [-0.2, 0) is 4.74 Å². The molecule has 1 fully saturated rings. The lowest BCUT2D eigenvalue weighted by atomic mass is 10.0. The van der Waals surface area contributed by atoms with Crippen LogP contribution in [0, 0.1) is 5.82 Å². The molecule has 0 aliphatic carbocycles. The van der Waals surface area contributed by atoms with Crippen LogP contribution in [0.4, 0.5) is 10.1 Å². The van der Waals surface area contributed by atoms with Crippen LogP contribution in [0.1, 0.15) is 16.8 Å². The van der Waals surface area contributed by atoms with Gasteiger partial charge in [0.25, 0.3) is 5.91 Å². The molecule has 6 aromatic rings. The third-order valence-electron chi connectivity index (χ3n) is 8.41. The van der Waals surface area contributed by atoms with Gasteiger partial charge in [-0.1, -0.05) is 48.5 Å². The second-order valence-corrected chi connectivity index (χ2v) is 11.6. The maximum Gasteiger partial charge on any atom is 0.256 e. The Morgan fingerprint density at radius 3 is 2.49 bits per heavy atom. The second kappa shape index (κ2) is 14.7. The van der Waals surface area contributed by atoms with Gasteiger partial charge in [-0.2, -0.15) is 0 Å². The molecule has 9 nitrogen and oxygen atoms in total. The summed E-state index contributed by atoms with van der Waals surface area (Å²) in [5.41, 5.74) is 3.58. The first-order valence-electron chi connectivity index (χ1n) is 16.2. The first-order valence-corrected chi connectivity index (χ1v) is 16.2. The van der Waals surface area contributed by atoms with Crippen molar-refractivity contribution >= 4 is 33.4 Å². The van der Waals surface area contributed by atoms with Gasteiger partial charge in [0.15, 0.2) is 23.1 Å². The van der Waals surface area contributed by atoms with E-state index in [1.165, 1.54) is 12.1 Å². The normalized spacial score (nSPS) is 13.3. The van der Waals surface area contributed by atoms with Crippen molar-refractivity contribution in [2.75, 3.05) is 51.9 Å². The fourth-order valence-electron chi connectivity index (χ4n) is 5.88. The number of rotatable bonds is 11. The molecule has 2 aromatic heterocycles. The number of halogens is 1. The van der Waals surface area contributed by atoms with E-state index in [-0.39, 0.29) is 17.3 Å². The number of carbonyl (C=O) groups excluding carboxylic acids is 1. The Morgan fingerprint density at radius 2 is 1.67 bits per heavy atom. The van der Waals surface area contributed by atoms with Gasteiger partial charge in [0.05, 0.1) is 49.2 Å². The summed E-state index contributed by atoms with van der Waals surface area (Å²) in [6, 6.07) is 28.4. The molecule has 7 rings (SSSR count). The maximum atomic E-state index is 15.5. The summed E-state index contributed by atoms with van der Waals surface area (Å²) < 4.78 is 38.6. The highest BCUT2D eigenvalue weighted by Crippen LogP contribution is 2.38. The minimum atomic E-state index is -0.639. The van der Waals surface area contributed by atoms with Crippen molar-refractivity contribution < 1.29 is 28.1 Å². The van der Waals surface area contributed by atoms with Crippen molar-refractivity contribution in [2.45, 2.75) is 6.42 Å². The van der Waals surface area contributed by atoms with E-state index in [0.717, 1.165) is 44.8 Å². The van der Waals surface area contributed by atoms with E-state index in [4.69, 9.17) is 23.9 Å².